The van der Waals surface area contributed by atoms with E-state index in [1.807, 2.05) is 0 Å². The third kappa shape index (κ3) is 3.71. The average Bonchev–Trinajstić information content (AvgIpc) is 2.40. The Morgan fingerprint density at radius 2 is 1.39 bits per heavy atom. The van der Waals surface area contributed by atoms with Crippen LogP contribution in [0.15, 0.2) is 54.6 Å². The van der Waals surface area contributed by atoms with Crippen LogP contribution >= 0.6 is 0 Å². The lowest BCUT2D eigenvalue weighted by Crippen LogP contribution is -3.05. The molecule has 0 unspecified atom stereocenters. The lowest BCUT2D eigenvalue weighted by molar-refractivity contribution is -0.858. The normalized spacial score (nSPS) is 10.8. The molecule has 2 rings (SSSR count). The number of nitrogens with one attached hydrogen (secondary N) is 1. The van der Waals surface area contributed by atoms with Gasteiger partial charge in [-0.3, -0.25) is 0 Å². The highest BCUT2D eigenvalue weighted by Crippen LogP contribution is 2.19. The third-order valence-electron chi connectivity index (χ3n) is 3.20. The van der Waals surface area contributed by atoms with E-state index in [9.17, 15) is 0 Å². The Kier molecular flexibility index (Phi) is 4.54. The van der Waals surface area contributed by atoms with Crippen LogP contribution in [0.1, 0.15) is 12.0 Å². The van der Waals surface area contributed by atoms with Crippen molar-refractivity contribution in [3.63, 3.8) is 0 Å². The van der Waals surface area contributed by atoms with Crippen molar-refractivity contribution in [2.45, 2.75) is 12.8 Å². The first-order valence-electron chi connectivity index (χ1n) is 6.69. The summed E-state index contributed by atoms with van der Waals surface area (Å²) in [5, 5.41) is 0. The summed E-state index contributed by atoms with van der Waals surface area (Å²) in [6.07, 6.45) is 2.44. The maximum absolute atomic E-state index is 2.26. The molecule has 2 aromatic carbocycles. The number of quaternary nitrogens is 1. The summed E-state index contributed by atoms with van der Waals surface area (Å²) < 4.78 is 0. The Balaban J connectivity index is 1.98. The largest absolute Gasteiger partial charge is 0.340 e. The van der Waals surface area contributed by atoms with E-state index in [0.29, 0.717) is 0 Å². The Morgan fingerprint density at radius 1 is 0.778 bits per heavy atom. The zero-order valence-electron chi connectivity index (χ0n) is 11.3. The topological polar surface area (TPSA) is 4.44 Å². The molecule has 2 aromatic rings. The molecule has 0 aliphatic rings. The quantitative estimate of drug-likeness (QED) is 0.819. The number of rotatable bonds is 5. The van der Waals surface area contributed by atoms with Crippen LogP contribution in [0.5, 0.6) is 0 Å². The van der Waals surface area contributed by atoms with Crippen LogP contribution in [0.4, 0.5) is 0 Å². The summed E-state index contributed by atoms with van der Waals surface area (Å²) >= 11 is 0. The van der Waals surface area contributed by atoms with Crippen LogP contribution in [0.3, 0.4) is 0 Å². The van der Waals surface area contributed by atoms with Crippen LogP contribution in [0.25, 0.3) is 11.1 Å². The molecule has 0 atom stereocenters. The van der Waals surface area contributed by atoms with Crippen molar-refractivity contribution in [2.75, 3.05) is 20.6 Å². The highest BCUT2D eigenvalue weighted by molar-refractivity contribution is 5.63. The molecular formula is C17H22N+. The number of hydrogen-bond donors (Lipinski definition) is 1. The number of benzene rings is 2. The third-order valence-corrected chi connectivity index (χ3v) is 3.20. The fourth-order valence-corrected chi connectivity index (χ4v) is 2.14. The smallest absolute Gasteiger partial charge is 0.0770 e. The second kappa shape index (κ2) is 6.36. The summed E-state index contributed by atoms with van der Waals surface area (Å²) in [5.41, 5.74) is 4.04. The van der Waals surface area contributed by atoms with Gasteiger partial charge in [-0.1, -0.05) is 54.6 Å². The van der Waals surface area contributed by atoms with Crippen LogP contribution in [-0.4, -0.2) is 20.6 Å². The van der Waals surface area contributed by atoms with Gasteiger partial charge in [0.1, 0.15) is 0 Å². The van der Waals surface area contributed by atoms with Gasteiger partial charge in [-0.05, 0) is 23.1 Å². The Hall–Kier alpha value is -1.60. The fraction of sp³-hybridized carbons (Fsp3) is 0.294. The monoisotopic (exact) mass is 240 g/mol. The Bertz CT molecular complexity index is 457. The Morgan fingerprint density at radius 3 is 2.00 bits per heavy atom. The van der Waals surface area contributed by atoms with Crippen molar-refractivity contribution in [1.29, 1.82) is 0 Å². The Labute approximate surface area is 110 Å². The van der Waals surface area contributed by atoms with Crippen LogP contribution in [0, 0.1) is 0 Å². The van der Waals surface area contributed by atoms with Gasteiger partial charge in [0.25, 0.3) is 0 Å². The average molecular weight is 240 g/mol. The number of aryl methyl sites for hydroxylation is 1. The van der Waals surface area contributed by atoms with E-state index in [4.69, 9.17) is 0 Å². The summed E-state index contributed by atoms with van der Waals surface area (Å²) in [7, 11) is 4.41. The van der Waals surface area contributed by atoms with Gasteiger partial charge in [0, 0.05) is 6.42 Å². The van der Waals surface area contributed by atoms with Gasteiger partial charge >= 0.3 is 0 Å². The maximum atomic E-state index is 2.26. The van der Waals surface area contributed by atoms with Crippen LogP contribution in [0.2, 0.25) is 0 Å². The van der Waals surface area contributed by atoms with Gasteiger partial charge in [-0.25, -0.2) is 0 Å². The van der Waals surface area contributed by atoms with Crippen LogP contribution in [-0.2, 0) is 6.42 Å². The van der Waals surface area contributed by atoms with Gasteiger partial charge < -0.3 is 4.90 Å². The fourth-order valence-electron chi connectivity index (χ4n) is 2.14. The molecule has 0 aliphatic heterocycles. The van der Waals surface area contributed by atoms with E-state index >= 15 is 0 Å². The zero-order chi connectivity index (χ0) is 12.8. The molecule has 0 bridgehead atoms. The SMILES string of the molecule is C[NH+](C)CCCc1ccc(-c2ccccc2)cc1. The van der Waals surface area contributed by atoms with Crippen molar-refractivity contribution in [3.05, 3.63) is 60.2 Å². The molecule has 0 heterocycles. The molecule has 94 valence electrons. The molecule has 0 aromatic heterocycles. The minimum Gasteiger partial charge on any atom is -0.340 e. The first-order chi connectivity index (χ1) is 8.75. The molecule has 1 N–H and O–H groups in total. The van der Waals surface area contributed by atoms with Gasteiger partial charge in [-0.2, -0.15) is 0 Å². The summed E-state index contributed by atoms with van der Waals surface area (Å²) in [6.45, 7) is 1.24. The van der Waals surface area contributed by atoms with Gasteiger partial charge in [0.05, 0.1) is 20.6 Å². The molecule has 0 fully saturated rings. The van der Waals surface area contributed by atoms with Crippen molar-refractivity contribution in [3.8, 4) is 11.1 Å². The van der Waals surface area contributed by atoms with Crippen molar-refractivity contribution < 1.29 is 4.90 Å². The van der Waals surface area contributed by atoms with Gasteiger partial charge in [-0.15, -0.1) is 0 Å². The molecule has 0 saturated carbocycles. The molecule has 1 heteroatoms. The van der Waals surface area contributed by atoms with E-state index in [2.05, 4.69) is 68.7 Å². The summed E-state index contributed by atoms with van der Waals surface area (Å²) in [5.74, 6) is 0. The minimum atomic E-state index is 1.18. The molecule has 0 spiro atoms. The first kappa shape index (κ1) is 12.8. The van der Waals surface area contributed by atoms with Crippen molar-refractivity contribution in [2.24, 2.45) is 0 Å². The maximum Gasteiger partial charge on any atom is 0.0770 e. The van der Waals surface area contributed by atoms with Gasteiger partial charge in [0.2, 0.25) is 0 Å². The predicted octanol–water partition coefficient (Wildman–Crippen LogP) is 2.43. The minimum absolute atomic E-state index is 1.18. The summed E-state index contributed by atoms with van der Waals surface area (Å²) in [4.78, 5) is 1.52. The van der Waals surface area contributed by atoms with E-state index in [-0.39, 0.29) is 0 Å². The molecule has 0 amide bonds. The number of hydrogen-bond acceptors (Lipinski definition) is 0. The highest BCUT2D eigenvalue weighted by Gasteiger charge is 1.99. The zero-order valence-corrected chi connectivity index (χ0v) is 11.3. The highest BCUT2D eigenvalue weighted by atomic mass is 15.0. The van der Waals surface area contributed by atoms with Crippen molar-refractivity contribution in [1.82, 2.24) is 0 Å². The standard InChI is InChI=1S/C17H21N/c1-18(2)14-6-7-15-10-12-17(13-11-15)16-8-4-3-5-9-16/h3-5,8-13H,6-7,14H2,1-2H3/p+1. The van der Waals surface area contributed by atoms with E-state index in [0.717, 1.165) is 0 Å². The molecule has 0 saturated heterocycles. The van der Waals surface area contributed by atoms with Crippen molar-refractivity contribution >= 4 is 0 Å². The van der Waals surface area contributed by atoms with E-state index < -0.39 is 0 Å². The van der Waals surface area contributed by atoms with Gasteiger partial charge in [0.15, 0.2) is 0 Å². The summed E-state index contributed by atoms with van der Waals surface area (Å²) in [6, 6.07) is 19.5. The molecular weight excluding hydrogens is 218 g/mol. The second-order valence-corrected chi connectivity index (χ2v) is 5.12. The second-order valence-electron chi connectivity index (χ2n) is 5.12. The van der Waals surface area contributed by atoms with Crippen LogP contribution < -0.4 is 4.90 Å². The molecule has 0 radical (unpaired) electrons. The molecule has 1 nitrogen and oxygen atoms in total. The van der Waals surface area contributed by atoms with E-state index in [1.165, 1.54) is 41.0 Å². The lowest BCUT2D eigenvalue weighted by atomic mass is 10.0. The predicted molar refractivity (Wildman–Crippen MR) is 77.9 cm³/mol. The lowest BCUT2D eigenvalue weighted by Gasteiger charge is -2.07. The van der Waals surface area contributed by atoms with E-state index in [1.54, 1.807) is 0 Å². The molecule has 18 heavy (non-hydrogen) atoms. The first-order valence-corrected chi connectivity index (χ1v) is 6.69. The molecule has 0 aliphatic carbocycles.